The molecule has 0 aromatic heterocycles. The van der Waals surface area contributed by atoms with E-state index in [1.165, 1.54) is 11.1 Å². The van der Waals surface area contributed by atoms with Crippen LogP contribution in [0.5, 0.6) is 11.5 Å². The minimum absolute atomic E-state index is 0.0511. The zero-order chi connectivity index (χ0) is 30.4. The minimum Gasteiger partial charge on any atom is -0.441 e. The molecule has 2 aromatic rings. The van der Waals surface area contributed by atoms with Crippen LogP contribution in [0, 0.1) is 5.41 Å². The van der Waals surface area contributed by atoms with Gasteiger partial charge in [-0.3, -0.25) is 0 Å². The molecule has 0 radical (unpaired) electrons. The van der Waals surface area contributed by atoms with Gasteiger partial charge in [0.1, 0.15) is 11.5 Å². The molecule has 2 fully saturated rings. The topological polar surface area (TPSA) is 55.4 Å². The van der Waals surface area contributed by atoms with Crippen LogP contribution < -0.4 is 9.47 Å². The fourth-order valence-corrected chi connectivity index (χ4v) is 5.04. The first-order chi connectivity index (χ1) is 18.8. The Morgan fingerprint density at radius 1 is 0.512 bits per heavy atom. The van der Waals surface area contributed by atoms with Crippen LogP contribution in [0.3, 0.4) is 0 Å². The predicted molar refractivity (Wildman–Crippen MR) is 163 cm³/mol. The van der Waals surface area contributed by atoms with Crippen LogP contribution in [0.1, 0.15) is 105 Å². The molecule has 0 amide bonds. The molecule has 2 saturated heterocycles. The molecule has 6 nitrogen and oxygen atoms in total. The first kappa shape index (κ1) is 31.8. The Kier molecular flexibility index (Phi) is 8.67. The third-order valence-electron chi connectivity index (χ3n) is 7.86. The van der Waals surface area contributed by atoms with E-state index >= 15 is 0 Å². The van der Waals surface area contributed by atoms with Gasteiger partial charge in [0.2, 0.25) is 0 Å². The summed E-state index contributed by atoms with van der Waals surface area (Å²) in [5.74, 6) is 1.56. The van der Waals surface area contributed by atoms with Crippen LogP contribution in [0.25, 0.3) is 0 Å². The van der Waals surface area contributed by atoms with Gasteiger partial charge in [-0.05, 0) is 44.9 Å². The van der Waals surface area contributed by atoms with Gasteiger partial charge >= 0.3 is 13.0 Å². The molecule has 4 rings (SSSR count). The third kappa shape index (κ3) is 7.64. The molecular formula is C35H52O6. The van der Waals surface area contributed by atoms with Crippen LogP contribution in [-0.4, -0.2) is 39.4 Å². The van der Waals surface area contributed by atoms with Crippen LogP contribution in [0.2, 0.25) is 0 Å². The van der Waals surface area contributed by atoms with Gasteiger partial charge < -0.3 is 28.4 Å². The molecule has 1 spiro atoms. The van der Waals surface area contributed by atoms with E-state index in [1.807, 2.05) is 12.1 Å². The second kappa shape index (κ2) is 11.2. The number of rotatable bonds is 4. The Bertz CT molecular complexity index is 1090. The third-order valence-corrected chi connectivity index (χ3v) is 7.86. The summed E-state index contributed by atoms with van der Waals surface area (Å²) in [6.45, 7) is 26.5. The summed E-state index contributed by atoms with van der Waals surface area (Å²) in [7, 11) is 0. The Hall–Kier alpha value is -2.12. The Morgan fingerprint density at radius 3 is 1.10 bits per heavy atom. The number of hydrogen-bond donors (Lipinski definition) is 0. The summed E-state index contributed by atoms with van der Waals surface area (Å²) in [6, 6.07) is 12.8. The Morgan fingerprint density at radius 2 is 0.829 bits per heavy atom. The second-order valence-electron chi connectivity index (χ2n) is 16.0. The highest BCUT2D eigenvalue weighted by Gasteiger charge is 2.44. The average molecular weight is 569 g/mol. The lowest BCUT2D eigenvalue weighted by Gasteiger charge is -2.43. The lowest BCUT2D eigenvalue weighted by molar-refractivity contribution is -0.366. The van der Waals surface area contributed by atoms with Gasteiger partial charge in [0.05, 0.1) is 31.8 Å². The largest absolute Gasteiger partial charge is 0.441 e. The number of hydrogen-bond acceptors (Lipinski definition) is 6. The SMILES string of the molecule is CC(C)(C)c1ccc(OC2OCC3(CO2)COC(Oc2ccc(C(C)(C)C)cc2C(C)(C)C)OC3)c(C(C)(C)C)c1. The van der Waals surface area contributed by atoms with Crippen molar-refractivity contribution in [2.75, 3.05) is 26.4 Å². The van der Waals surface area contributed by atoms with E-state index in [2.05, 4.69) is 107 Å². The van der Waals surface area contributed by atoms with Gasteiger partial charge in [0, 0.05) is 11.1 Å². The van der Waals surface area contributed by atoms with Gasteiger partial charge in [-0.15, -0.1) is 0 Å². The van der Waals surface area contributed by atoms with Crippen LogP contribution in [0.4, 0.5) is 0 Å². The van der Waals surface area contributed by atoms with E-state index in [4.69, 9.17) is 28.4 Å². The first-order valence-electron chi connectivity index (χ1n) is 14.9. The number of ether oxygens (including phenoxy) is 6. The number of benzene rings is 2. The highest BCUT2D eigenvalue weighted by molar-refractivity contribution is 5.44. The van der Waals surface area contributed by atoms with E-state index < -0.39 is 18.4 Å². The van der Waals surface area contributed by atoms with Crippen molar-refractivity contribution in [1.29, 1.82) is 0 Å². The summed E-state index contributed by atoms with van der Waals surface area (Å²) < 4.78 is 36.7. The Balaban J connectivity index is 1.37. The molecule has 2 aliphatic heterocycles. The van der Waals surface area contributed by atoms with Gasteiger partial charge in [0.15, 0.2) is 0 Å². The molecule has 41 heavy (non-hydrogen) atoms. The fourth-order valence-electron chi connectivity index (χ4n) is 5.04. The van der Waals surface area contributed by atoms with Crippen molar-refractivity contribution in [1.82, 2.24) is 0 Å². The fraction of sp³-hybridized carbons (Fsp3) is 0.657. The predicted octanol–water partition coefficient (Wildman–Crippen LogP) is 7.98. The van der Waals surface area contributed by atoms with E-state index in [1.54, 1.807) is 0 Å². The highest BCUT2D eigenvalue weighted by Crippen LogP contribution is 2.39. The average Bonchev–Trinajstić information content (AvgIpc) is 2.85. The maximum absolute atomic E-state index is 6.24. The molecule has 0 aliphatic carbocycles. The minimum atomic E-state index is -0.785. The summed E-state index contributed by atoms with van der Waals surface area (Å²) in [4.78, 5) is 0. The molecule has 0 bridgehead atoms. The van der Waals surface area contributed by atoms with Crippen molar-refractivity contribution in [3.05, 3.63) is 58.7 Å². The summed E-state index contributed by atoms with van der Waals surface area (Å²) in [5.41, 5.74) is 4.31. The monoisotopic (exact) mass is 568 g/mol. The van der Waals surface area contributed by atoms with Crippen LogP contribution in [-0.2, 0) is 40.6 Å². The molecular weight excluding hydrogens is 516 g/mol. The van der Waals surface area contributed by atoms with Crippen molar-refractivity contribution in [3.63, 3.8) is 0 Å². The maximum atomic E-state index is 6.24. The smallest absolute Gasteiger partial charge is 0.315 e. The quantitative estimate of drug-likeness (QED) is 0.373. The second-order valence-corrected chi connectivity index (χ2v) is 16.0. The molecule has 0 N–H and O–H groups in total. The first-order valence-corrected chi connectivity index (χ1v) is 14.9. The lowest BCUT2D eigenvalue weighted by Crippen LogP contribution is -2.54. The Labute approximate surface area is 248 Å². The van der Waals surface area contributed by atoms with Crippen LogP contribution in [0.15, 0.2) is 36.4 Å². The van der Waals surface area contributed by atoms with Crippen LogP contribution >= 0.6 is 0 Å². The van der Waals surface area contributed by atoms with Crippen molar-refractivity contribution < 1.29 is 28.4 Å². The van der Waals surface area contributed by atoms with E-state index in [0.717, 1.165) is 22.6 Å². The van der Waals surface area contributed by atoms with E-state index in [9.17, 15) is 0 Å². The van der Waals surface area contributed by atoms with Crippen molar-refractivity contribution in [3.8, 4) is 11.5 Å². The van der Waals surface area contributed by atoms with Gasteiger partial charge in [0.25, 0.3) is 0 Å². The van der Waals surface area contributed by atoms with Gasteiger partial charge in [-0.2, -0.15) is 0 Å². The molecule has 0 saturated carbocycles. The molecule has 2 aromatic carbocycles. The molecule has 0 atom stereocenters. The molecule has 228 valence electrons. The molecule has 0 unspecified atom stereocenters. The summed E-state index contributed by atoms with van der Waals surface area (Å²) >= 11 is 0. The molecule has 2 aliphatic rings. The summed E-state index contributed by atoms with van der Waals surface area (Å²) in [5, 5.41) is 0. The maximum Gasteiger partial charge on any atom is 0.315 e. The molecule has 2 heterocycles. The zero-order valence-electron chi connectivity index (χ0n) is 27.4. The zero-order valence-corrected chi connectivity index (χ0v) is 27.4. The normalized spacial score (nSPS) is 24.4. The van der Waals surface area contributed by atoms with E-state index in [-0.39, 0.29) is 21.7 Å². The standard InChI is InChI=1S/C35H52O6/c1-31(2,3)23-13-15-27(25(17-23)33(7,8)9)40-29-36-19-35(20-37-29)21-38-30(39-22-35)41-28-16-14-24(32(4,5)6)18-26(28)34(10,11)12/h13-18,29-30H,19-22H2,1-12H3. The van der Waals surface area contributed by atoms with Crippen molar-refractivity contribution in [2.45, 2.75) is 118 Å². The lowest BCUT2D eigenvalue weighted by atomic mass is 9.80. The van der Waals surface area contributed by atoms with Crippen molar-refractivity contribution >= 4 is 0 Å². The van der Waals surface area contributed by atoms with Gasteiger partial charge in [-0.25, -0.2) is 0 Å². The summed E-state index contributed by atoms with van der Waals surface area (Å²) in [6.07, 6.45) is 0. The van der Waals surface area contributed by atoms with E-state index in [0.29, 0.717) is 26.4 Å². The highest BCUT2D eigenvalue weighted by atomic mass is 16.9. The van der Waals surface area contributed by atoms with Crippen molar-refractivity contribution in [2.24, 2.45) is 5.41 Å². The molecule has 6 heteroatoms. The van der Waals surface area contributed by atoms with Gasteiger partial charge in [-0.1, -0.05) is 107 Å².